The van der Waals surface area contributed by atoms with Crippen molar-refractivity contribution in [2.75, 3.05) is 5.32 Å². The molecular formula is C12H17N3O. The Labute approximate surface area is 95.3 Å². The molecule has 2 rings (SSSR count). The number of anilines is 1. The third-order valence-corrected chi connectivity index (χ3v) is 2.85. The first-order chi connectivity index (χ1) is 7.58. The summed E-state index contributed by atoms with van der Waals surface area (Å²) in [4.78, 5) is 0. The number of rotatable bonds is 3. The summed E-state index contributed by atoms with van der Waals surface area (Å²) in [6.45, 7) is 6.77. The van der Waals surface area contributed by atoms with Gasteiger partial charge in [-0.2, -0.15) is 5.10 Å². The van der Waals surface area contributed by atoms with Crippen molar-refractivity contribution in [3.63, 3.8) is 0 Å². The van der Waals surface area contributed by atoms with E-state index in [9.17, 15) is 0 Å². The Morgan fingerprint density at radius 1 is 1.38 bits per heavy atom. The lowest BCUT2D eigenvalue weighted by Crippen LogP contribution is -2.01. The van der Waals surface area contributed by atoms with Crippen molar-refractivity contribution in [3.05, 3.63) is 35.0 Å². The molecule has 0 aliphatic heterocycles. The predicted molar refractivity (Wildman–Crippen MR) is 63.5 cm³/mol. The monoisotopic (exact) mass is 219 g/mol. The van der Waals surface area contributed by atoms with Crippen molar-refractivity contribution < 1.29 is 4.42 Å². The van der Waals surface area contributed by atoms with Gasteiger partial charge in [-0.3, -0.25) is 4.68 Å². The molecule has 0 radical (unpaired) electrons. The van der Waals surface area contributed by atoms with Gasteiger partial charge < -0.3 is 9.73 Å². The Hall–Kier alpha value is -1.71. The van der Waals surface area contributed by atoms with E-state index in [1.165, 1.54) is 5.56 Å². The molecule has 0 aliphatic rings. The molecular weight excluding hydrogens is 202 g/mol. The summed E-state index contributed by atoms with van der Waals surface area (Å²) >= 11 is 0. The number of furan rings is 1. The fourth-order valence-electron chi connectivity index (χ4n) is 1.72. The minimum atomic E-state index is 0.774. The van der Waals surface area contributed by atoms with E-state index >= 15 is 0 Å². The number of nitrogens with zero attached hydrogens (tertiary/aromatic N) is 2. The van der Waals surface area contributed by atoms with Crippen LogP contribution in [0.4, 0.5) is 5.69 Å². The van der Waals surface area contributed by atoms with Gasteiger partial charge in [-0.25, -0.2) is 0 Å². The Morgan fingerprint density at radius 3 is 2.62 bits per heavy atom. The van der Waals surface area contributed by atoms with Gasteiger partial charge in [0.1, 0.15) is 11.5 Å². The molecule has 86 valence electrons. The first-order valence-corrected chi connectivity index (χ1v) is 5.36. The van der Waals surface area contributed by atoms with Crippen molar-refractivity contribution in [1.29, 1.82) is 0 Å². The summed E-state index contributed by atoms with van der Waals surface area (Å²) in [5.41, 5.74) is 3.40. The quantitative estimate of drug-likeness (QED) is 0.862. The zero-order valence-electron chi connectivity index (χ0n) is 10.2. The predicted octanol–water partition coefficient (Wildman–Crippen LogP) is 2.55. The Balaban J connectivity index is 2.08. The van der Waals surface area contributed by atoms with E-state index in [0.29, 0.717) is 0 Å². The molecule has 0 aromatic carbocycles. The van der Waals surface area contributed by atoms with E-state index < -0.39 is 0 Å². The fourth-order valence-corrected chi connectivity index (χ4v) is 1.72. The van der Waals surface area contributed by atoms with Crippen LogP contribution >= 0.6 is 0 Å². The molecule has 2 aromatic heterocycles. The second-order valence-electron chi connectivity index (χ2n) is 4.06. The molecule has 2 heterocycles. The normalized spacial score (nSPS) is 10.8. The molecule has 0 amide bonds. The standard InChI is InChI=1S/C12H17N3O/c1-8-5-11(10(3)16-8)6-13-12-7-14-15(4)9(12)2/h5,7,13H,6H2,1-4H3. The Morgan fingerprint density at radius 2 is 2.12 bits per heavy atom. The van der Waals surface area contributed by atoms with Crippen molar-refractivity contribution in [1.82, 2.24) is 9.78 Å². The highest BCUT2D eigenvalue weighted by atomic mass is 16.3. The molecule has 0 bridgehead atoms. The zero-order valence-corrected chi connectivity index (χ0v) is 10.2. The van der Waals surface area contributed by atoms with Crippen LogP contribution in [-0.2, 0) is 13.6 Å². The lowest BCUT2D eigenvalue weighted by Gasteiger charge is -2.04. The molecule has 0 aliphatic carbocycles. The highest BCUT2D eigenvalue weighted by molar-refractivity contribution is 5.46. The van der Waals surface area contributed by atoms with Gasteiger partial charge in [-0.05, 0) is 26.8 Å². The maximum absolute atomic E-state index is 5.48. The molecule has 1 N–H and O–H groups in total. The van der Waals surface area contributed by atoms with Crippen LogP contribution < -0.4 is 5.32 Å². The van der Waals surface area contributed by atoms with Crippen LogP contribution in [-0.4, -0.2) is 9.78 Å². The third kappa shape index (κ3) is 1.96. The van der Waals surface area contributed by atoms with Crippen molar-refractivity contribution >= 4 is 5.69 Å². The van der Waals surface area contributed by atoms with Crippen molar-refractivity contribution in [2.24, 2.45) is 7.05 Å². The summed E-state index contributed by atoms with van der Waals surface area (Å²) in [6, 6.07) is 2.06. The largest absolute Gasteiger partial charge is 0.466 e. The molecule has 0 fully saturated rings. The average Bonchev–Trinajstić information content (AvgIpc) is 2.70. The SMILES string of the molecule is Cc1cc(CNc2cnn(C)c2C)c(C)o1. The van der Waals surface area contributed by atoms with Gasteiger partial charge >= 0.3 is 0 Å². The molecule has 4 nitrogen and oxygen atoms in total. The van der Waals surface area contributed by atoms with Crippen LogP contribution in [0.25, 0.3) is 0 Å². The van der Waals surface area contributed by atoms with E-state index in [2.05, 4.69) is 16.5 Å². The fraction of sp³-hybridized carbons (Fsp3) is 0.417. The lowest BCUT2D eigenvalue weighted by atomic mass is 10.2. The second kappa shape index (κ2) is 4.04. The molecule has 16 heavy (non-hydrogen) atoms. The topological polar surface area (TPSA) is 43.0 Å². The minimum absolute atomic E-state index is 0.774. The maximum atomic E-state index is 5.48. The van der Waals surface area contributed by atoms with Crippen LogP contribution in [0.15, 0.2) is 16.7 Å². The van der Waals surface area contributed by atoms with Crippen LogP contribution in [0.5, 0.6) is 0 Å². The average molecular weight is 219 g/mol. The number of aromatic nitrogens is 2. The van der Waals surface area contributed by atoms with Gasteiger partial charge in [0.05, 0.1) is 17.6 Å². The van der Waals surface area contributed by atoms with Gasteiger partial charge in [0.2, 0.25) is 0 Å². The van der Waals surface area contributed by atoms with E-state index in [1.807, 2.05) is 38.7 Å². The maximum Gasteiger partial charge on any atom is 0.106 e. The third-order valence-electron chi connectivity index (χ3n) is 2.85. The highest BCUT2D eigenvalue weighted by Gasteiger charge is 2.06. The molecule has 4 heteroatoms. The van der Waals surface area contributed by atoms with E-state index in [4.69, 9.17) is 4.42 Å². The first kappa shape index (κ1) is 10.8. The van der Waals surface area contributed by atoms with E-state index in [1.54, 1.807) is 0 Å². The van der Waals surface area contributed by atoms with Gasteiger partial charge in [0.15, 0.2) is 0 Å². The molecule has 0 saturated heterocycles. The summed E-state index contributed by atoms with van der Waals surface area (Å²) in [5.74, 6) is 1.93. The van der Waals surface area contributed by atoms with E-state index in [-0.39, 0.29) is 0 Å². The van der Waals surface area contributed by atoms with Gasteiger partial charge in [0, 0.05) is 19.2 Å². The van der Waals surface area contributed by atoms with Crippen molar-refractivity contribution in [3.8, 4) is 0 Å². The Kier molecular flexibility index (Phi) is 2.73. The van der Waals surface area contributed by atoms with Gasteiger partial charge in [-0.1, -0.05) is 0 Å². The number of nitrogens with one attached hydrogen (secondary N) is 1. The van der Waals surface area contributed by atoms with Gasteiger partial charge in [0.25, 0.3) is 0 Å². The molecule has 0 saturated carbocycles. The molecule has 0 atom stereocenters. The van der Waals surface area contributed by atoms with Gasteiger partial charge in [-0.15, -0.1) is 0 Å². The van der Waals surface area contributed by atoms with E-state index in [0.717, 1.165) is 29.4 Å². The summed E-state index contributed by atoms with van der Waals surface area (Å²) in [5, 5.41) is 7.55. The highest BCUT2D eigenvalue weighted by Crippen LogP contribution is 2.17. The summed E-state index contributed by atoms with van der Waals surface area (Å²) < 4.78 is 7.33. The van der Waals surface area contributed by atoms with Crippen LogP contribution in [0.3, 0.4) is 0 Å². The van der Waals surface area contributed by atoms with Crippen LogP contribution in [0.1, 0.15) is 22.8 Å². The van der Waals surface area contributed by atoms with Crippen molar-refractivity contribution in [2.45, 2.75) is 27.3 Å². The minimum Gasteiger partial charge on any atom is -0.466 e. The summed E-state index contributed by atoms with van der Waals surface area (Å²) in [6.07, 6.45) is 1.84. The Bertz CT molecular complexity index is 494. The smallest absolute Gasteiger partial charge is 0.106 e. The van der Waals surface area contributed by atoms with Crippen LogP contribution in [0, 0.1) is 20.8 Å². The number of hydrogen-bond acceptors (Lipinski definition) is 3. The lowest BCUT2D eigenvalue weighted by molar-refractivity contribution is 0.501. The van der Waals surface area contributed by atoms with Crippen LogP contribution in [0.2, 0.25) is 0 Å². The second-order valence-corrected chi connectivity index (χ2v) is 4.06. The molecule has 0 spiro atoms. The molecule has 2 aromatic rings. The number of aryl methyl sites for hydroxylation is 3. The number of hydrogen-bond donors (Lipinski definition) is 1. The molecule has 0 unspecified atom stereocenters. The first-order valence-electron chi connectivity index (χ1n) is 5.36. The zero-order chi connectivity index (χ0) is 11.7. The summed E-state index contributed by atoms with van der Waals surface area (Å²) in [7, 11) is 1.94.